The largest absolute Gasteiger partial charge is 0.324 e. The monoisotopic (exact) mass is 218 g/mol. The van der Waals surface area contributed by atoms with E-state index in [-0.39, 0.29) is 6.04 Å². The number of aryl methyl sites for hydroxylation is 1. The molecule has 2 rings (SSSR count). The molecule has 1 saturated carbocycles. The van der Waals surface area contributed by atoms with Crippen LogP contribution in [-0.2, 0) is 0 Å². The van der Waals surface area contributed by atoms with Crippen molar-refractivity contribution >= 4 is 0 Å². The Balaban J connectivity index is 2.09. The van der Waals surface area contributed by atoms with Gasteiger partial charge in [-0.2, -0.15) is 0 Å². The van der Waals surface area contributed by atoms with Crippen LogP contribution in [0.2, 0.25) is 0 Å². The molecule has 1 aliphatic carbocycles. The molecule has 3 unspecified atom stereocenters. The van der Waals surface area contributed by atoms with E-state index in [1.54, 1.807) is 0 Å². The van der Waals surface area contributed by atoms with Crippen LogP contribution in [0.5, 0.6) is 0 Å². The average Bonchev–Trinajstić information content (AvgIpc) is 2.28. The Bertz CT molecular complexity index is 348. The Kier molecular flexibility index (Phi) is 3.59. The zero-order valence-electron chi connectivity index (χ0n) is 10.3. The lowest BCUT2D eigenvalue weighted by Crippen LogP contribution is -2.26. The van der Waals surface area contributed by atoms with Gasteiger partial charge in [0.2, 0.25) is 0 Å². The van der Waals surface area contributed by atoms with Crippen LogP contribution in [0.1, 0.15) is 49.8 Å². The van der Waals surface area contributed by atoms with Crippen molar-refractivity contribution in [1.29, 1.82) is 0 Å². The summed E-state index contributed by atoms with van der Waals surface area (Å²) < 4.78 is 0. The Labute approximate surface area is 98.3 Å². The van der Waals surface area contributed by atoms with E-state index in [0.717, 1.165) is 5.92 Å². The molecule has 1 fully saturated rings. The molecule has 0 radical (unpaired) electrons. The quantitative estimate of drug-likeness (QED) is 0.827. The number of nitrogens with two attached hydrogens (primary N) is 1. The lowest BCUT2D eigenvalue weighted by molar-refractivity contribution is 0.248. The molecular formula is C14H22N2. The summed E-state index contributed by atoms with van der Waals surface area (Å²) in [6, 6.07) is 2.35. The molecule has 0 saturated heterocycles. The maximum absolute atomic E-state index is 6.36. The van der Waals surface area contributed by atoms with Gasteiger partial charge in [0.05, 0.1) is 0 Å². The SMILES string of the molecule is Cc1cncc(C(N)C2CCCC(C)C2)c1. The maximum Gasteiger partial charge on any atom is 0.0339 e. The molecule has 1 aromatic rings. The number of nitrogens with zero attached hydrogens (tertiary/aromatic N) is 1. The van der Waals surface area contributed by atoms with E-state index in [2.05, 4.69) is 24.9 Å². The molecule has 2 heteroatoms. The predicted octanol–water partition coefficient (Wildman–Crippen LogP) is 3.22. The molecule has 0 bridgehead atoms. The Morgan fingerprint density at radius 3 is 2.88 bits per heavy atom. The van der Waals surface area contributed by atoms with Crippen molar-refractivity contribution in [2.45, 2.75) is 45.6 Å². The van der Waals surface area contributed by atoms with Gasteiger partial charge in [-0.3, -0.25) is 4.98 Å². The second kappa shape index (κ2) is 4.96. The van der Waals surface area contributed by atoms with Crippen LogP contribution in [0, 0.1) is 18.8 Å². The van der Waals surface area contributed by atoms with Crippen LogP contribution in [0.4, 0.5) is 0 Å². The first kappa shape index (κ1) is 11.6. The first-order valence-electron chi connectivity index (χ1n) is 6.34. The first-order valence-corrected chi connectivity index (χ1v) is 6.34. The van der Waals surface area contributed by atoms with Gasteiger partial charge in [-0.15, -0.1) is 0 Å². The summed E-state index contributed by atoms with van der Waals surface area (Å²) in [6.45, 7) is 4.42. The number of hydrogen-bond donors (Lipinski definition) is 1. The van der Waals surface area contributed by atoms with Gasteiger partial charge in [0.1, 0.15) is 0 Å². The van der Waals surface area contributed by atoms with E-state index >= 15 is 0 Å². The number of rotatable bonds is 2. The summed E-state index contributed by atoms with van der Waals surface area (Å²) in [5.74, 6) is 1.48. The minimum Gasteiger partial charge on any atom is -0.324 e. The van der Waals surface area contributed by atoms with Crippen LogP contribution in [0.3, 0.4) is 0 Å². The van der Waals surface area contributed by atoms with Gasteiger partial charge in [-0.1, -0.05) is 25.8 Å². The molecule has 2 N–H and O–H groups in total. The van der Waals surface area contributed by atoms with Crippen molar-refractivity contribution in [2.24, 2.45) is 17.6 Å². The fourth-order valence-corrected chi connectivity index (χ4v) is 2.84. The fraction of sp³-hybridized carbons (Fsp3) is 0.643. The summed E-state index contributed by atoms with van der Waals surface area (Å²) in [5.41, 5.74) is 8.77. The molecule has 0 aromatic carbocycles. The van der Waals surface area contributed by atoms with Gasteiger partial charge in [0.25, 0.3) is 0 Å². The smallest absolute Gasteiger partial charge is 0.0339 e. The minimum atomic E-state index is 0.176. The molecule has 0 aliphatic heterocycles. The van der Waals surface area contributed by atoms with Crippen molar-refractivity contribution < 1.29 is 0 Å². The van der Waals surface area contributed by atoms with E-state index in [1.807, 2.05) is 12.4 Å². The molecule has 2 nitrogen and oxygen atoms in total. The highest BCUT2D eigenvalue weighted by Crippen LogP contribution is 2.35. The van der Waals surface area contributed by atoms with Crippen LogP contribution in [-0.4, -0.2) is 4.98 Å². The second-order valence-corrected chi connectivity index (χ2v) is 5.35. The highest BCUT2D eigenvalue weighted by atomic mass is 14.7. The van der Waals surface area contributed by atoms with Gasteiger partial charge < -0.3 is 5.73 Å². The van der Waals surface area contributed by atoms with Crippen molar-refractivity contribution in [1.82, 2.24) is 4.98 Å². The third kappa shape index (κ3) is 2.62. The Hall–Kier alpha value is -0.890. The van der Waals surface area contributed by atoms with E-state index < -0.39 is 0 Å². The van der Waals surface area contributed by atoms with E-state index in [0.29, 0.717) is 5.92 Å². The van der Waals surface area contributed by atoms with Crippen LogP contribution < -0.4 is 5.73 Å². The van der Waals surface area contributed by atoms with Gasteiger partial charge in [-0.05, 0) is 42.7 Å². The van der Waals surface area contributed by atoms with E-state index in [1.165, 1.54) is 36.8 Å². The molecule has 0 amide bonds. The van der Waals surface area contributed by atoms with Gasteiger partial charge in [-0.25, -0.2) is 0 Å². The third-order valence-electron chi connectivity index (χ3n) is 3.77. The second-order valence-electron chi connectivity index (χ2n) is 5.35. The van der Waals surface area contributed by atoms with E-state index in [9.17, 15) is 0 Å². The van der Waals surface area contributed by atoms with Crippen molar-refractivity contribution in [3.8, 4) is 0 Å². The van der Waals surface area contributed by atoms with Gasteiger partial charge in [0, 0.05) is 18.4 Å². The summed E-state index contributed by atoms with van der Waals surface area (Å²) in [7, 11) is 0. The Morgan fingerprint density at radius 1 is 1.38 bits per heavy atom. The maximum atomic E-state index is 6.36. The summed E-state index contributed by atoms with van der Waals surface area (Å²) in [4.78, 5) is 4.24. The number of aromatic nitrogens is 1. The zero-order chi connectivity index (χ0) is 11.5. The lowest BCUT2D eigenvalue weighted by Gasteiger charge is -2.31. The zero-order valence-corrected chi connectivity index (χ0v) is 10.3. The molecule has 1 heterocycles. The fourth-order valence-electron chi connectivity index (χ4n) is 2.84. The summed E-state index contributed by atoms with van der Waals surface area (Å²) in [5, 5.41) is 0. The Morgan fingerprint density at radius 2 is 2.19 bits per heavy atom. The molecule has 1 aliphatic rings. The minimum absolute atomic E-state index is 0.176. The van der Waals surface area contributed by atoms with E-state index in [4.69, 9.17) is 5.73 Å². The van der Waals surface area contributed by atoms with Gasteiger partial charge >= 0.3 is 0 Å². The van der Waals surface area contributed by atoms with Crippen molar-refractivity contribution in [2.75, 3.05) is 0 Å². The van der Waals surface area contributed by atoms with Crippen LogP contribution >= 0.6 is 0 Å². The predicted molar refractivity (Wildman–Crippen MR) is 67.0 cm³/mol. The van der Waals surface area contributed by atoms with Gasteiger partial charge in [0.15, 0.2) is 0 Å². The number of pyridine rings is 1. The lowest BCUT2D eigenvalue weighted by atomic mass is 9.77. The summed E-state index contributed by atoms with van der Waals surface area (Å²) in [6.07, 6.45) is 9.07. The molecule has 3 atom stereocenters. The van der Waals surface area contributed by atoms with Crippen molar-refractivity contribution in [3.63, 3.8) is 0 Å². The highest BCUT2D eigenvalue weighted by molar-refractivity contribution is 5.20. The van der Waals surface area contributed by atoms with Crippen LogP contribution in [0.15, 0.2) is 18.5 Å². The average molecular weight is 218 g/mol. The molecular weight excluding hydrogens is 196 g/mol. The molecule has 16 heavy (non-hydrogen) atoms. The molecule has 88 valence electrons. The number of hydrogen-bond acceptors (Lipinski definition) is 2. The highest BCUT2D eigenvalue weighted by Gasteiger charge is 2.25. The molecule has 1 aromatic heterocycles. The first-order chi connectivity index (χ1) is 7.66. The molecule has 0 spiro atoms. The topological polar surface area (TPSA) is 38.9 Å². The third-order valence-corrected chi connectivity index (χ3v) is 3.77. The van der Waals surface area contributed by atoms with Crippen molar-refractivity contribution in [3.05, 3.63) is 29.6 Å². The summed E-state index contributed by atoms with van der Waals surface area (Å²) >= 11 is 0. The van der Waals surface area contributed by atoms with Crippen LogP contribution in [0.25, 0.3) is 0 Å². The normalized spacial score (nSPS) is 27.7. The standard InChI is InChI=1S/C14H22N2/c1-10-4-3-5-12(6-10)14(15)13-7-11(2)8-16-9-13/h7-10,12,14H,3-6,15H2,1-2H3.